The molecular formula is C20H31ClN2O2. The summed E-state index contributed by atoms with van der Waals surface area (Å²) in [6.07, 6.45) is 8.20. The molecular weight excluding hydrogens is 336 g/mol. The Hall–Kier alpha value is -1.10. The van der Waals surface area contributed by atoms with Crippen LogP contribution in [-0.2, 0) is 9.53 Å². The van der Waals surface area contributed by atoms with Crippen molar-refractivity contribution in [3.8, 4) is 0 Å². The summed E-state index contributed by atoms with van der Waals surface area (Å²) in [6.45, 7) is 2.21. The Labute approximate surface area is 157 Å². The smallest absolute Gasteiger partial charge is 0.222 e. The summed E-state index contributed by atoms with van der Waals surface area (Å²) < 4.78 is 5.45. The second-order valence-corrected chi connectivity index (χ2v) is 7.20. The van der Waals surface area contributed by atoms with Crippen LogP contribution in [-0.4, -0.2) is 31.7 Å². The summed E-state index contributed by atoms with van der Waals surface area (Å²) >= 11 is 0. The first-order chi connectivity index (χ1) is 11.8. The number of carbonyl (C=O) groups is 1. The predicted octanol–water partition coefficient (Wildman–Crippen LogP) is 3.61. The Bertz CT molecular complexity index is 500. The molecule has 0 bridgehead atoms. The highest BCUT2D eigenvalue weighted by Gasteiger charge is 2.23. The highest BCUT2D eigenvalue weighted by atomic mass is 35.5. The molecule has 1 heterocycles. The number of hydrogen-bond acceptors (Lipinski definition) is 3. The lowest BCUT2D eigenvalue weighted by Gasteiger charge is -2.29. The Balaban J connectivity index is 0.00000225. The molecule has 2 fully saturated rings. The standard InChI is InChI=1S/C20H30N2O2.ClH/c23-20(14-18-15-24-12-11-21-18)22-19(17-9-5-2-6-10-17)13-16-7-3-1-4-8-16;/h2,5-6,9-10,16,18-19,21H,1,3-4,7-8,11-15H2,(H,22,23);1H. The number of hydrogen-bond donors (Lipinski definition) is 2. The van der Waals surface area contributed by atoms with Crippen LogP contribution in [0.5, 0.6) is 0 Å². The summed E-state index contributed by atoms with van der Waals surface area (Å²) in [5.74, 6) is 0.864. The summed E-state index contributed by atoms with van der Waals surface area (Å²) in [5, 5.41) is 6.65. The second kappa shape index (κ2) is 10.8. The van der Waals surface area contributed by atoms with Gasteiger partial charge in [-0.2, -0.15) is 0 Å². The van der Waals surface area contributed by atoms with Gasteiger partial charge in [0, 0.05) is 19.0 Å². The molecule has 1 aromatic carbocycles. The minimum absolute atomic E-state index is 0. The van der Waals surface area contributed by atoms with Crippen molar-refractivity contribution in [2.24, 2.45) is 5.92 Å². The molecule has 1 saturated carbocycles. The topological polar surface area (TPSA) is 50.4 Å². The van der Waals surface area contributed by atoms with E-state index in [9.17, 15) is 4.79 Å². The molecule has 0 aromatic heterocycles. The third-order valence-electron chi connectivity index (χ3n) is 5.26. The van der Waals surface area contributed by atoms with Crippen LogP contribution >= 0.6 is 12.4 Å². The van der Waals surface area contributed by atoms with Gasteiger partial charge in [-0.3, -0.25) is 4.79 Å². The molecule has 2 unspecified atom stereocenters. The fraction of sp³-hybridized carbons (Fsp3) is 0.650. The first-order valence-corrected chi connectivity index (χ1v) is 9.46. The van der Waals surface area contributed by atoms with Crippen molar-refractivity contribution in [2.45, 2.75) is 57.0 Å². The van der Waals surface area contributed by atoms with Crippen molar-refractivity contribution in [1.29, 1.82) is 0 Å². The average Bonchev–Trinajstić information content (AvgIpc) is 2.63. The molecule has 1 aliphatic carbocycles. The number of ether oxygens (including phenoxy) is 1. The van der Waals surface area contributed by atoms with E-state index in [1.54, 1.807) is 0 Å². The summed E-state index contributed by atoms with van der Waals surface area (Å²) in [7, 11) is 0. The highest BCUT2D eigenvalue weighted by Crippen LogP contribution is 2.32. The number of morpholine rings is 1. The lowest BCUT2D eigenvalue weighted by molar-refractivity contribution is -0.123. The van der Waals surface area contributed by atoms with Crippen molar-refractivity contribution < 1.29 is 9.53 Å². The van der Waals surface area contributed by atoms with Crippen molar-refractivity contribution in [2.75, 3.05) is 19.8 Å². The lowest BCUT2D eigenvalue weighted by Crippen LogP contribution is -2.44. The van der Waals surface area contributed by atoms with E-state index in [1.165, 1.54) is 37.7 Å². The average molecular weight is 367 g/mol. The van der Waals surface area contributed by atoms with Gasteiger partial charge in [-0.25, -0.2) is 0 Å². The minimum Gasteiger partial charge on any atom is -0.378 e. The quantitative estimate of drug-likeness (QED) is 0.808. The van der Waals surface area contributed by atoms with E-state index in [0.717, 1.165) is 25.5 Å². The van der Waals surface area contributed by atoms with E-state index in [0.29, 0.717) is 13.0 Å². The van der Waals surface area contributed by atoms with Crippen LogP contribution in [0.25, 0.3) is 0 Å². The van der Waals surface area contributed by atoms with Gasteiger partial charge >= 0.3 is 0 Å². The maximum Gasteiger partial charge on any atom is 0.222 e. The number of benzene rings is 1. The molecule has 3 rings (SSSR count). The number of nitrogens with one attached hydrogen (secondary N) is 2. The number of rotatable bonds is 6. The molecule has 25 heavy (non-hydrogen) atoms. The summed E-state index contributed by atoms with van der Waals surface area (Å²) in [5.41, 5.74) is 1.23. The largest absolute Gasteiger partial charge is 0.378 e. The maximum absolute atomic E-state index is 12.5. The molecule has 1 aromatic rings. The summed E-state index contributed by atoms with van der Waals surface area (Å²) in [4.78, 5) is 12.5. The molecule has 1 aliphatic heterocycles. The Morgan fingerprint density at radius 1 is 1.20 bits per heavy atom. The first kappa shape index (κ1) is 20.2. The van der Waals surface area contributed by atoms with Crippen molar-refractivity contribution >= 4 is 18.3 Å². The fourth-order valence-corrected chi connectivity index (χ4v) is 3.95. The molecule has 0 spiro atoms. The van der Waals surface area contributed by atoms with Crippen molar-refractivity contribution in [3.63, 3.8) is 0 Å². The monoisotopic (exact) mass is 366 g/mol. The molecule has 1 amide bonds. The van der Waals surface area contributed by atoms with E-state index >= 15 is 0 Å². The van der Waals surface area contributed by atoms with E-state index in [-0.39, 0.29) is 30.4 Å². The zero-order chi connectivity index (χ0) is 16.6. The van der Waals surface area contributed by atoms with E-state index in [1.807, 2.05) is 6.07 Å². The van der Waals surface area contributed by atoms with E-state index in [4.69, 9.17) is 4.74 Å². The molecule has 2 atom stereocenters. The van der Waals surface area contributed by atoms with Crippen LogP contribution in [0.2, 0.25) is 0 Å². The second-order valence-electron chi connectivity index (χ2n) is 7.20. The van der Waals surface area contributed by atoms with Gasteiger partial charge in [-0.1, -0.05) is 62.4 Å². The van der Waals surface area contributed by atoms with Crippen LogP contribution in [0, 0.1) is 5.92 Å². The molecule has 0 radical (unpaired) electrons. The van der Waals surface area contributed by atoms with Crippen molar-refractivity contribution in [3.05, 3.63) is 35.9 Å². The normalized spacial score (nSPS) is 22.6. The SMILES string of the molecule is Cl.O=C(CC1COCCN1)NC(CC1CCCCC1)c1ccccc1. The van der Waals surface area contributed by atoms with Gasteiger partial charge in [0.1, 0.15) is 0 Å². The van der Waals surface area contributed by atoms with E-state index < -0.39 is 0 Å². The van der Waals surface area contributed by atoms with Crippen LogP contribution in [0.3, 0.4) is 0 Å². The van der Waals surface area contributed by atoms with Crippen molar-refractivity contribution in [1.82, 2.24) is 10.6 Å². The van der Waals surface area contributed by atoms with Gasteiger partial charge in [-0.05, 0) is 17.9 Å². The maximum atomic E-state index is 12.5. The third kappa shape index (κ3) is 6.61. The third-order valence-corrected chi connectivity index (χ3v) is 5.26. The Morgan fingerprint density at radius 3 is 2.64 bits per heavy atom. The molecule has 2 aliphatic rings. The Kier molecular flexibility index (Phi) is 8.73. The minimum atomic E-state index is 0. The molecule has 5 heteroatoms. The lowest BCUT2D eigenvalue weighted by atomic mass is 9.83. The van der Waals surface area contributed by atoms with Gasteiger partial charge in [0.15, 0.2) is 0 Å². The number of amides is 1. The first-order valence-electron chi connectivity index (χ1n) is 9.46. The van der Waals surface area contributed by atoms with Gasteiger partial charge in [0.2, 0.25) is 5.91 Å². The van der Waals surface area contributed by atoms with E-state index in [2.05, 4.69) is 34.9 Å². The zero-order valence-electron chi connectivity index (χ0n) is 14.9. The van der Waals surface area contributed by atoms with Gasteiger partial charge in [0.25, 0.3) is 0 Å². The molecule has 1 saturated heterocycles. The van der Waals surface area contributed by atoms with Gasteiger partial charge < -0.3 is 15.4 Å². The summed E-state index contributed by atoms with van der Waals surface area (Å²) in [6, 6.07) is 10.7. The molecule has 2 N–H and O–H groups in total. The van der Waals surface area contributed by atoms with Gasteiger partial charge in [-0.15, -0.1) is 12.4 Å². The van der Waals surface area contributed by atoms with Crippen LogP contribution in [0.1, 0.15) is 56.6 Å². The predicted molar refractivity (Wildman–Crippen MR) is 103 cm³/mol. The number of carbonyl (C=O) groups excluding carboxylic acids is 1. The van der Waals surface area contributed by atoms with Crippen LogP contribution in [0.4, 0.5) is 0 Å². The number of halogens is 1. The fourth-order valence-electron chi connectivity index (χ4n) is 3.95. The molecule has 4 nitrogen and oxygen atoms in total. The highest BCUT2D eigenvalue weighted by molar-refractivity contribution is 5.85. The zero-order valence-corrected chi connectivity index (χ0v) is 15.7. The van der Waals surface area contributed by atoms with Crippen LogP contribution in [0.15, 0.2) is 30.3 Å². The van der Waals surface area contributed by atoms with Gasteiger partial charge in [0.05, 0.1) is 19.3 Å². The molecule has 140 valence electrons. The van der Waals surface area contributed by atoms with Crippen LogP contribution < -0.4 is 10.6 Å². The Morgan fingerprint density at radius 2 is 1.96 bits per heavy atom.